The summed E-state index contributed by atoms with van der Waals surface area (Å²) in [5.74, 6) is -1.61. The summed E-state index contributed by atoms with van der Waals surface area (Å²) in [5.41, 5.74) is 2.39. The van der Waals surface area contributed by atoms with Crippen LogP contribution in [0.1, 0.15) is 17.0 Å². The van der Waals surface area contributed by atoms with E-state index in [2.05, 4.69) is 5.10 Å². The van der Waals surface area contributed by atoms with E-state index in [0.29, 0.717) is 5.69 Å². The zero-order valence-electron chi connectivity index (χ0n) is 10.6. The van der Waals surface area contributed by atoms with Gasteiger partial charge in [0, 0.05) is 17.3 Å². The van der Waals surface area contributed by atoms with Crippen LogP contribution in [0.3, 0.4) is 0 Å². The van der Waals surface area contributed by atoms with Crippen molar-refractivity contribution in [3.63, 3.8) is 0 Å². The second-order valence-electron chi connectivity index (χ2n) is 4.18. The number of nitrogens with zero attached hydrogens (tertiary/aromatic N) is 2. The van der Waals surface area contributed by atoms with Gasteiger partial charge >= 0.3 is 5.97 Å². The molecule has 0 spiro atoms. The number of aryl methyl sites for hydroxylation is 2. The minimum Gasteiger partial charge on any atom is -0.478 e. The number of rotatable bonds is 3. The van der Waals surface area contributed by atoms with Crippen LogP contribution in [0.15, 0.2) is 30.3 Å². The Bertz CT molecular complexity index is 659. The summed E-state index contributed by atoms with van der Waals surface area (Å²) in [6.07, 6.45) is 2.15. The molecule has 0 amide bonds. The van der Waals surface area contributed by atoms with Crippen LogP contribution in [-0.4, -0.2) is 20.9 Å². The van der Waals surface area contributed by atoms with Gasteiger partial charge in [0.25, 0.3) is 0 Å². The largest absolute Gasteiger partial charge is 0.478 e. The van der Waals surface area contributed by atoms with Gasteiger partial charge in [0.2, 0.25) is 0 Å². The van der Waals surface area contributed by atoms with Gasteiger partial charge in [-0.25, -0.2) is 13.9 Å². The minimum absolute atomic E-state index is 0.205. The Morgan fingerprint density at radius 3 is 2.74 bits per heavy atom. The fraction of sp³-hybridized carbons (Fsp3) is 0.143. The van der Waals surface area contributed by atoms with Crippen LogP contribution >= 0.6 is 0 Å². The summed E-state index contributed by atoms with van der Waals surface area (Å²) >= 11 is 0. The summed E-state index contributed by atoms with van der Waals surface area (Å²) in [4.78, 5) is 10.6. The van der Waals surface area contributed by atoms with Gasteiger partial charge in [0.1, 0.15) is 5.82 Å². The molecular formula is C14H13FN2O2. The number of carboxylic acid groups (broad SMARTS) is 1. The van der Waals surface area contributed by atoms with Crippen LogP contribution in [0.4, 0.5) is 4.39 Å². The van der Waals surface area contributed by atoms with Crippen LogP contribution in [0.5, 0.6) is 0 Å². The van der Waals surface area contributed by atoms with Crippen molar-refractivity contribution in [2.24, 2.45) is 0 Å². The topological polar surface area (TPSA) is 55.1 Å². The van der Waals surface area contributed by atoms with Gasteiger partial charge in [-0.05, 0) is 38.1 Å². The second kappa shape index (κ2) is 5.06. The molecule has 5 heteroatoms. The third kappa shape index (κ3) is 2.70. The molecule has 0 aliphatic carbocycles. The van der Waals surface area contributed by atoms with E-state index in [0.717, 1.165) is 17.5 Å². The molecule has 1 heterocycles. The van der Waals surface area contributed by atoms with Crippen molar-refractivity contribution in [3.8, 4) is 5.69 Å². The number of benzene rings is 1. The number of carbonyl (C=O) groups is 1. The lowest BCUT2D eigenvalue weighted by Crippen LogP contribution is -2.03. The first kappa shape index (κ1) is 13.0. The molecule has 0 saturated carbocycles. The third-order valence-corrected chi connectivity index (χ3v) is 2.66. The van der Waals surface area contributed by atoms with Gasteiger partial charge in [0.05, 0.1) is 11.4 Å². The highest BCUT2D eigenvalue weighted by Crippen LogP contribution is 2.21. The van der Waals surface area contributed by atoms with Crippen molar-refractivity contribution in [2.75, 3.05) is 0 Å². The van der Waals surface area contributed by atoms with E-state index < -0.39 is 11.8 Å². The van der Waals surface area contributed by atoms with Crippen molar-refractivity contribution < 1.29 is 14.3 Å². The van der Waals surface area contributed by atoms with Crippen LogP contribution in [0.25, 0.3) is 11.8 Å². The number of hydrogen-bond donors (Lipinski definition) is 1. The van der Waals surface area contributed by atoms with E-state index in [4.69, 9.17) is 5.11 Å². The Morgan fingerprint density at radius 2 is 2.16 bits per heavy atom. The van der Waals surface area contributed by atoms with Crippen molar-refractivity contribution >= 4 is 12.0 Å². The molecule has 1 N–H and O–H groups in total. The van der Waals surface area contributed by atoms with Gasteiger partial charge in [-0.15, -0.1) is 0 Å². The lowest BCUT2D eigenvalue weighted by Gasteiger charge is -2.09. The Labute approximate surface area is 109 Å². The van der Waals surface area contributed by atoms with Gasteiger partial charge in [-0.1, -0.05) is 6.07 Å². The molecule has 1 aromatic heterocycles. The average Bonchev–Trinajstić information content (AvgIpc) is 2.66. The van der Waals surface area contributed by atoms with Crippen molar-refractivity contribution in [3.05, 3.63) is 53.1 Å². The molecule has 19 heavy (non-hydrogen) atoms. The maximum atomic E-state index is 13.8. The molecule has 0 bridgehead atoms. The summed E-state index contributed by atoms with van der Waals surface area (Å²) in [6, 6.07) is 6.43. The molecular weight excluding hydrogens is 247 g/mol. The normalized spacial score (nSPS) is 11.1. The Morgan fingerprint density at radius 1 is 1.42 bits per heavy atom. The quantitative estimate of drug-likeness (QED) is 0.863. The maximum absolute atomic E-state index is 13.8. The molecule has 2 aromatic rings. The highest BCUT2D eigenvalue weighted by molar-refractivity contribution is 5.86. The summed E-state index contributed by atoms with van der Waals surface area (Å²) in [6.45, 7) is 3.70. The monoisotopic (exact) mass is 260 g/mol. The second-order valence-corrected chi connectivity index (χ2v) is 4.18. The van der Waals surface area contributed by atoms with E-state index in [-0.39, 0.29) is 5.56 Å². The average molecular weight is 260 g/mol. The first-order chi connectivity index (χ1) is 8.99. The van der Waals surface area contributed by atoms with Crippen LogP contribution < -0.4 is 0 Å². The molecule has 98 valence electrons. The Hall–Kier alpha value is -2.43. The lowest BCUT2D eigenvalue weighted by molar-refractivity contribution is -0.131. The minimum atomic E-state index is -1.12. The third-order valence-electron chi connectivity index (χ3n) is 2.66. The van der Waals surface area contributed by atoms with Gasteiger partial charge in [-0.2, -0.15) is 5.10 Å². The first-order valence-corrected chi connectivity index (χ1v) is 5.72. The molecule has 1 aromatic carbocycles. The highest BCUT2D eigenvalue weighted by atomic mass is 19.1. The molecule has 0 radical (unpaired) electrons. The van der Waals surface area contributed by atoms with Crippen molar-refractivity contribution in [2.45, 2.75) is 13.8 Å². The van der Waals surface area contributed by atoms with E-state index in [1.165, 1.54) is 12.1 Å². The van der Waals surface area contributed by atoms with Gasteiger partial charge < -0.3 is 5.11 Å². The molecule has 0 aliphatic rings. The SMILES string of the molecule is Cc1cc(C)n(-c2cccc(F)c2/C=C/C(=O)O)n1. The predicted octanol–water partition coefficient (Wildman–Crippen LogP) is 2.73. The molecule has 0 fully saturated rings. The van der Waals surface area contributed by atoms with E-state index in [9.17, 15) is 9.18 Å². The Kier molecular flexibility index (Phi) is 3.46. The van der Waals surface area contributed by atoms with E-state index >= 15 is 0 Å². The number of aromatic nitrogens is 2. The summed E-state index contributed by atoms with van der Waals surface area (Å²) in [5, 5.41) is 12.9. The smallest absolute Gasteiger partial charge is 0.328 e. The van der Waals surface area contributed by atoms with E-state index in [1.54, 1.807) is 16.8 Å². The fourth-order valence-corrected chi connectivity index (χ4v) is 1.90. The molecule has 2 rings (SSSR count). The highest BCUT2D eigenvalue weighted by Gasteiger charge is 2.11. The number of halogens is 1. The zero-order chi connectivity index (χ0) is 14.0. The van der Waals surface area contributed by atoms with Gasteiger partial charge in [-0.3, -0.25) is 0 Å². The summed E-state index contributed by atoms with van der Waals surface area (Å²) < 4.78 is 15.4. The summed E-state index contributed by atoms with van der Waals surface area (Å²) in [7, 11) is 0. The molecule has 4 nitrogen and oxygen atoms in total. The van der Waals surface area contributed by atoms with Crippen molar-refractivity contribution in [1.29, 1.82) is 0 Å². The van der Waals surface area contributed by atoms with Gasteiger partial charge in [0.15, 0.2) is 0 Å². The van der Waals surface area contributed by atoms with E-state index in [1.807, 2.05) is 19.9 Å². The van der Waals surface area contributed by atoms with Crippen molar-refractivity contribution in [1.82, 2.24) is 9.78 Å². The zero-order valence-corrected chi connectivity index (χ0v) is 10.6. The Balaban J connectivity index is 2.60. The predicted molar refractivity (Wildman–Crippen MR) is 69.7 cm³/mol. The number of carboxylic acids is 1. The molecule has 0 unspecified atom stereocenters. The first-order valence-electron chi connectivity index (χ1n) is 5.72. The number of aliphatic carboxylic acids is 1. The lowest BCUT2D eigenvalue weighted by atomic mass is 10.1. The standard InChI is InChI=1S/C14H13FN2O2/c1-9-8-10(2)17(16-9)13-5-3-4-12(15)11(13)6-7-14(18)19/h3-8H,1-2H3,(H,18,19)/b7-6+. The van der Waals surface area contributed by atoms with Crippen LogP contribution in [0.2, 0.25) is 0 Å². The van der Waals surface area contributed by atoms with Crippen LogP contribution in [-0.2, 0) is 4.79 Å². The number of hydrogen-bond acceptors (Lipinski definition) is 2. The molecule has 0 aliphatic heterocycles. The fourth-order valence-electron chi connectivity index (χ4n) is 1.90. The maximum Gasteiger partial charge on any atom is 0.328 e. The molecule has 0 atom stereocenters. The molecule has 0 saturated heterocycles. The van der Waals surface area contributed by atoms with Crippen LogP contribution in [0, 0.1) is 19.7 Å².